The quantitative estimate of drug-likeness (QED) is 0.584. The summed E-state index contributed by atoms with van der Waals surface area (Å²) < 4.78 is 5.29. The zero-order chi connectivity index (χ0) is 14.7. The molecule has 1 heterocycles. The van der Waals surface area contributed by atoms with Gasteiger partial charge in [-0.05, 0) is 36.8 Å². The summed E-state index contributed by atoms with van der Waals surface area (Å²) in [6.45, 7) is 2.09. The molecule has 106 valence electrons. The monoisotopic (exact) mass is 297 g/mol. The maximum absolute atomic E-state index is 5.76. The van der Waals surface area contributed by atoms with Gasteiger partial charge in [0.15, 0.2) is 5.82 Å². The summed E-state index contributed by atoms with van der Waals surface area (Å²) in [6.07, 6.45) is 0. The molecule has 0 saturated carbocycles. The van der Waals surface area contributed by atoms with Crippen molar-refractivity contribution in [3.05, 3.63) is 59.9 Å². The van der Waals surface area contributed by atoms with Crippen LogP contribution in [0.2, 0.25) is 0 Å². The van der Waals surface area contributed by atoms with Crippen molar-refractivity contribution in [2.24, 2.45) is 0 Å². The van der Waals surface area contributed by atoms with Gasteiger partial charge in [-0.15, -0.1) is 11.8 Å². The zero-order valence-electron chi connectivity index (χ0n) is 11.6. The number of anilines is 1. The Morgan fingerprint density at radius 1 is 1.14 bits per heavy atom. The predicted molar refractivity (Wildman–Crippen MR) is 84.9 cm³/mol. The summed E-state index contributed by atoms with van der Waals surface area (Å²) in [5.74, 6) is 1.86. The Bertz CT molecular complexity index is 755. The van der Waals surface area contributed by atoms with E-state index < -0.39 is 0 Å². The van der Waals surface area contributed by atoms with Crippen LogP contribution in [0.1, 0.15) is 11.4 Å². The fourth-order valence-electron chi connectivity index (χ4n) is 1.96. The van der Waals surface area contributed by atoms with E-state index in [4.69, 9.17) is 10.3 Å². The Hall–Kier alpha value is -2.27. The minimum Gasteiger partial charge on any atom is -0.399 e. The number of hydrogen-bond acceptors (Lipinski definition) is 5. The van der Waals surface area contributed by atoms with Crippen molar-refractivity contribution in [2.75, 3.05) is 5.73 Å². The van der Waals surface area contributed by atoms with Crippen LogP contribution in [0.15, 0.2) is 57.9 Å². The highest BCUT2D eigenvalue weighted by molar-refractivity contribution is 7.98. The van der Waals surface area contributed by atoms with E-state index in [1.807, 2.05) is 36.4 Å². The summed E-state index contributed by atoms with van der Waals surface area (Å²) in [5, 5.41) is 4.02. The second-order valence-electron chi connectivity index (χ2n) is 4.70. The smallest absolute Gasteiger partial charge is 0.258 e. The van der Waals surface area contributed by atoms with E-state index in [0.29, 0.717) is 23.2 Å². The second-order valence-corrected chi connectivity index (χ2v) is 5.71. The van der Waals surface area contributed by atoms with Gasteiger partial charge in [-0.3, -0.25) is 0 Å². The van der Waals surface area contributed by atoms with Crippen LogP contribution in [0.25, 0.3) is 11.5 Å². The molecule has 5 heteroatoms. The molecule has 0 amide bonds. The molecular weight excluding hydrogens is 282 g/mol. The van der Waals surface area contributed by atoms with Gasteiger partial charge in [0, 0.05) is 16.1 Å². The molecule has 0 aliphatic carbocycles. The molecule has 0 fully saturated rings. The third-order valence-corrected chi connectivity index (χ3v) is 4.22. The maximum atomic E-state index is 5.76. The molecule has 0 atom stereocenters. The first-order chi connectivity index (χ1) is 10.2. The molecule has 0 radical (unpaired) electrons. The minimum absolute atomic E-state index is 0.502. The molecule has 0 saturated heterocycles. The van der Waals surface area contributed by atoms with Gasteiger partial charge in [-0.1, -0.05) is 29.4 Å². The fourth-order valence-corrected chi connectivity index (χ4v) is 2.83. The molecular formula is C16H15N3OS. The number of benzene rings is 2. The molecule has 3 rings (SSSR count). The number of aryl methyl sites for hydroxylation is 1. The molecule has 2 N–H and O–H groups in total. The molecule has 3 aromatic rings. The van der Waals surface area contributed by atoms with Gasteiger partial charge in [0.2, 0.25) is 0 Å². The van der Waals surface area contributed by atoms with Gasteiger partial charge in [0.25, 0.3) is 5.89 Å². The highest BCUT2D eigenvalue weighted by atomic mass is 32.2. The lowest BCUT2D eigenvalue weighted by atomic mass is 10.2. The number of hydrogen-bond donors (Lipinski definition) is 1. The number of nitrogen functional groups attached to an aromatic ring is 1. The van der Waals surface area contributed by atoms with Crippen molar-refractivity contribution in [3.63, 3.8) is 0 Å². The first-order valence-corrected chi connectivity index (χ1v) is 7.58. The lowest BCUT2D eigenvalue weighted by molar-refractivity contribution is 0.425. The van der Waals surface area contributed by atoms with Gasteiger partial charge in [0.1, 0.15) is 0 Å². The van der Waals surface area contributed by atoms with Crippen LogP contribution >= 0.6 is 11.8 Å². The summed E-state index contributed by atoms with van der Waals surface area (Å²) in [7, 11) is 0. The van der Waals surface area contributed by atoms with Crippen LogP contribution in [-0.4, -0.2) is 10.1 Å². The standard InChI is InChI=1S/C16H15N3OS/c1-11-5-2-3-8-14(11)21-10-15-18-16(20-19-15)12-6-4-7-13(17)9-12/h2-9H,10,17H2,1H3. The molecule has 4 nitrogen and oxygen atoms in total. The van der Waals surface area contributed by atoms with Crippen molar-refractivity contribution >= 4 is 17.4 Å². The van der Waals surface area contributed by atoms with Crippen molar-refractivity contribution in [3.8, 4) is 11.5 Å². The molecule has 0 aliphatic heterocycles. The predicted octanol–water partition coefficient (Wildman–Crippen LogP) is 3.92. The van der Waals surface area contributed by atoms with E-state index in [1.165, 1.54) is 10.5 Å². The van der Waals surface area contributed by atoms with Gasteiger partial charge >= 0.3 is 0 Å². The molecule has 0 spiro atoms. The maximum Gasteiger partial charge on any atom is 0.258 e. The zero-order valence-corrected chi connectivity index (χ0v) is 12.4. The summed E-state index contributed by atoms with van der Waals surface area (Å²) in [4.78, 5) is 5.64. The van der Waals surface area contributed by atoms with Gasteiger partial charge in [-0.2, -0.15) is 4.98 Å². The molecule has 2 aromatic carbocycles. The normalized spacial score (nSPS) is 10.7. The van der Waals surface area contributed by atoms with Crippen molar-refractivity contribution in [1.29, 1.82) is 0 Å². The van der Waals surface area contributed by atoms with Gasteiger partial charge < -0.3 is 10.3 Å². The third-order valence-electron chi connectivity index (χ3n) is 3.05. The lowest BCUT2D eigenvalue weighted by Gasteiger charge is -2.01. The minimum atomic E-state index is 0.502. The fraction of sp³-hybridized carbons (Fsp3) is 0.125. The Balaban J connectivity index is 1.72. The lowest BCUT2D eigenvalue weighted by Crippen LogP contribution is -1.87. The number of nitrogens with two attached hydrogens (primary N) is 1. The highest BCUT2D eigenvalue weighted by Gasteiger charge is 2.09. The number of aromatic nitrogens is 2. The Morgan fingerprint density at radius 2 is 2.00 bits per heavy atom. The van der Waals surface area contributed by atoms with Crippen molar-refractivity contribution in [1.82, 2.24) is 10.1 Å². The summed E-state index contributed by atoms with van der Waals surface area (Å²) >= 11 is 1.70. The van der Waals surface area contributed by atoms with Crippen LogP contribution in [0.5, 0.6) is 0 Å². The second kappa shape index (κ2) is 6.01. The SMILES string of the molecule is Cc1ccccc1SCc1noc(-c2cccc(N)c2)n1. The Morgan fingerprint density at radius 3 is 2.81 bits per heavy atom. The van der Waals surface area contributed by atoms with E-state index >= 15 is 0 Å². The number of nitrogens with zero attached hydrogens (tertiary/aromatic N) is 2. The van der Waals surface area contributed by atoms with E-state index in [1.54, 1.807) is 11.8 Å². The van der Waals surface area contributed by atoms with Crippen LogP contribution in [0.4, 0.5) is 5.69 Å². The largest absolute Gasteiger partial charge is 0.399 e. The van der Waals surface area contributed by atoms with Gasteiger partial charge in [0.05, 0.1) is 5.75 Å². The molecule has 0 aliphatic rings. The van der Waals surface area contributed by atoms with E-state index in [0.717, 1.165) is 5.56 Å². The summed E-state index contributed by atoms with van der Waals surface area (Å²) in [5.41, 5.74) is 8.54. The van der Waals surface area contributed by atoms with Crippen molar-refractivity contribution in [2.45, 2.75) is 17.6 Å². The average molecular weight is 297 g/mol. The Labute approximate surface area is 127 Å². The topological polar surface area (TPSA) is 64.9 Å². The molecule has 1 aromatic heterocycles. The first kappa shape index (κ1) is 13.7. The molecule has 0 unspecified atom stereocenters. The number of rotatable bonds is 4. The van der Waals surface area contributed by atoms with Crippen LogP contribution in [0, 0.1) is 6.92 Å². The van der Waals surface area contributed by atoms with E-state index in [-0.39, 0.29) is 0 Å². The van der Waals surface area contributed by atoms with Gasteiger partial charge in [-0.25, -0.2) is 0 Å². The van der Waals surface area contributed by atoms with Crippen LogP contribution in [0.3, 0.4) is 0 Å². The van der Waals surface area contributed by atoms with Crippen LogP contribution < -0.4 is 5.73 Å². The van der Waals surface area contributed by atoms with E-state index in [2.05, 4.69) is 29.2 Å². The third kappa shape index (κ3) is 3.25. The van der Waals surface area contributed by atoms with Crippen LogP contribution in [-0.2, 0) is 5.75 Å². The molecule has 0 bridgehead atoms. The number of thioether (sulfide) groups is 1. The first-order valence-electron chi connectivity index (χ1n) is 6.59. The molecule has 21 heavy (non-hydrogen) atoms. The highest BCUT2D eigenvalue weighted by Crippen LogP contribution is 2.26. The summed E-state index contributed by atoms with van der Waals surface area (Å²) in [6, 6.07) is 15.7. The Kier molecular flexibility index (Phi) is 3.92. The van der Waals surface area contributed by atoms with E-state index in [9.17, 15) is 0 Å². The van der Waals surface area contributed by atoms with Crippen molar-refractivity contribution < 1.29 is 4.52 Å². The average Bonchev–Trinajstić information content (AvgIpc) is 2.95.